The maximum atomic E-state index is 11.2. The van der Waals surface area contributed by atoms with E-state index in [1.54, 1.807) is 12.3 Å². The second-order valence-electron chi connectivity index (χ2n) is 2.23. The van der Waals surface area contributed by atoms with Crippen LogP contribution in [0.1, 0.15) is 0 Å². The second-order valence-corrected chi connectivity index (χ2v) is 3.51. The summed E-state index contributed by atoms with van der Waals surface area (Å²) in [6.45, 7) is 0. The minimum atomic E-state index is -0.249. The molecular weight excluding hydrogens is 245 g/mol. The van der Waals surface area contributed by atoms with Gasteiger partial charge in [-0.2, -0.15) is 0 Å². The zero-order valence-corrected chi connectivity index (χ0v) is 8.06. The zero-order valence-electron chi connectivity index (χ0n) is 5.71. The van der Waals surface area contributed by atoms with Gasteiger partial charge in [-0.1, -0.05) is 0 Å². The first kappa shape index (κ1) is 7.82. The summed E-state index contributed by atoms with van der Waals surface area (Å²) < 4.78 is 2.22. The van der Waals surface area contributed by atoms with E-state index in [-0.39, 0.29) is 10.8 Å². The van der Waals surface area contributed by atoms with Crippen molar-refractivity contribution >= 4 is 33.0 Å². The Balaban J connectivity index is 2.98. The van der Waals surface area contributed by atoms with Gasteiger partial charge in [-0.05, 0) is 33.6 Å². The molecule has 0 bridgehead atoms. The van der Waals surface area contributed by atoms with Gasteiger partial charge in [0.25, 0.3) is 5.56 Å². The highest BCUT2D eigenvalue weighted by Crippen LogP contribution is 2.11. The monoisotopic (exact) mass is 247 g/mol. The average Bonchev–Trinajstić information content (AvgIpc) is 2.29. The first-order valence-electron chi connectivity index (χ1n) is 3.10. The number of halogens is 2. The van der Waals surface area contributed by atoms with E-state index in [2.05, 4.69) is 26.0 Å². The predicted molar refractivity (Wildman–Crippen MR) is 48.5 cm³/mol. The van der Waals surface area contributed by atoms with E-state index in [0.717, 1.165) is 4.47 Å². The Bertz CT molecular complexity index is 489. The van der Waals surface area contributed by atoms with Crippen molar-refractivity contribution in [1.82, 2.24) is 14.6 Å². The molecule has 0 aliphatic carbocycles. The van der Waals surface area contributed by atoms with E-state index in [0.29, 0.717) is 5.52 Å². The molecule has 6 heteroatoms. The summed E-state index contributed by atoms with van der Waals surface area (Å²) in [5, 5.41) is 3.93. The van der Waals surface area contributed by atoms with Crippen LogP contribution in [0.4, 0.5) is 0 Å². The number of aromatic nitrogens is 3. The maximum absolute atomic E-state index is 11.2. The van der Waals surface area contributed by atoms with Gasteiger partial charge in [0.1, 0.15) is 5.52 Å². The molecule has 2 aromatic heterocycles. The van der Waals surface area contributed by atoms with Crippen LogP contribution >= 0.6 is 27.5 Å². The highest BCUT2D eigenvalue weighted by Gasteiger charge is 2.02. The molecule has 0 amide bonds. The van der Waals surface area contributed by atoms with Crippen LogP contribution in [-0.2, 0) is 0 Å². The van der Waals surface area contributed by atoms with E-state index < -0.39 is 0 Å². The highest BCUT2D eigenvalue weighted by molar-refractivity contribution is 9.10. The van der Waals surface area contributed by atoms with Crippen molar-refractivity contribution in [3.05, 3.63) is 32.4 Å². The third kappa shape index (κ3) is 1.15. The molecule has 62 valence electrons. The minimum Gasteiger partial charge on any atom is -0.294 e. The summed E-state index contributed by atoms with van der Waals surface area (Å²) >= 11 is 8.76. The second kappa shape index (κ2) is 2.60. The van der Waals surface area contributed by atoms with E-state index >= 15 is 0 Å². The number of rotatable bonds is 0. The van der Waals surface area contributed by atoms with Gasteiger partial charge in [0.2, 0.25) is 5.28 Å². The highest BCUT2D eigenvalue weighted by atomic mass is 79.9. The standard InChI is InChI=1S/C6H3BrClN3O/c7-3-1-4-5(12)9-6(8)10-11(4)2-3/h1-2H,(H,9,10,12). The largest absolute Gasteiger partial charge is 0.294 e. The van der Waals surface area contributed by atoms with E-state index in [1.807, 2.05) is 0 Å². The topological polar surface area (TPSA) is 50.2 Å². The smallest absolute Gasteiger partial charge is 0.276 e. The van der Waals surface area contributed by atoms with Crippen molar-refractivity contribution in [2.45, 2.75) is 0 Å². The van der Waals surface area contributed by atoms with Crippen LogP contribution in [0.5, 0.6) is 0 Å². The third-order valence-electron chi connectivity index (χ3n) is 1.41. The molecule has 0 spiro atoms. The van der Waals surface area contributed by atoms with E-state index in [9.17, 15) is 4.79 Å². The number of hydrogen-bond donors (Lipinski definition) is 1. The van der Waals surface area contributed by atoms with Crippen molar-refractivity contribution in [2.75, 3.05) is 0 Å². The Hall–Kier alpha value is -0.810. The Kier molecular flexibility index (Phi) is 1.69. The van der Waals surface area contributed by atoms with Crippen LogP contribution in [-0.4, -0.2) is 14.6 Å². The first-order chi connectivity index (χ1) is 5.66. The fourth-order valence-electron chi connectivity index (χ4n) is 0.950. The quantitative estimate of drug-likeness (QED) is 0.767. The molecule has 2 aromatic rings. The first-order valence-corrected chi connectivity index (χ1v) is 4.27. The lowest BCUT2D eigenvalue weighted by atomic mass is 10.5. The number of aromatic amines is 1. The summed E-state index contributed by atoms with van der Waals surface area (Å²) in [7, 11) is 0. The molecule has 0 radical (unpaired) electrons. The molecule has 0 aromatic carbocycles. The number of nitrogens with zero attached hydrogens (tertiary/aromatic N) is 2. The molecule has 12 heavy (non-hydrogen) atoms. The van der Waals surface area contributed by atoms with Crippen LogP contribution in [0, 0.1) is 0 Å². The number of fused-ring (bicyclic) bond motifs is 1. The SMILES string of the molecule is O=c1[nH]c(Cl)nn2cc(Br)cc12. The number of H-pyrrole nitrogens is 1. The van der Waals surface area contributed by atoms with Crippen molar-refractivity contribution < 1.29 is 0 Å². The zero-order chi connectivity index (χ0) is 8.72. The fourth-order valence-corrected chi connectivity index (χ4v) is 1.53. The third-order valence-corrected chi connectivity index (χ3v) is 2.02. The molecule has 0 saturated carbocycles. The van der Waals surface area contributed by atoms with E-state index in [1.165, 1.54) is 4.52 Å². The molecule has 0 atom stereocenters. The minimum absolute atomic E-state index is 0.0793. The molecule has 2 heterocycles. The molecule has 4 nitrogen and oxygen atoms in total. The summed E-state index contributed by atoms with van der Waals surface area (Å²) in [5.74, 6) is 0. The summed E-state index contributed by atoms with van der Waals surface area (Å²) in [6, 6.07) is 1.67. The normalized spacial score (nSPS) is 10.8. The van der Waals surface area contributed by atoms with Gasteiger partial charge in [-0.25, -0.2) is 4.52 Å². The van der Waals surface area contributed by atoms with Crippen LogP contribution in [0.15, 0.2) is 21.5 Å². The van der Waals surface area contributed by atoms with Gasteiger partial charge in [-0.3, -0.25) is 9.78 Å². The number of nitrogens with one attached hydrogen (secondary N) is 1. The van der Waals surface area contributed by atoms with Crippen molar-refractivity contribution in [1.29, 1.82) is 0 Å². The molecule has 1 N–H and O–H groups in total. The van der Waals surface area contributed by atoms with Crippen LogP contribution < -0.4 is 5.56 Å². The van der Waals surface area contributed by atoms with Crippen molar-refractivity contribution in [2.24, 2.45) is 0 Å². The van der Waals surface area contributed by atoms with Gasteiger partial charge in [0, 0.05) is 10.7 Å². The Morgan fingerprint density at radius 2 is 2.42 bits per heavy atom. The van der Waals surface area contributed by atoms with Gasteiger partial charge in [0.05, 0.1) is 0 Å². The lowest BCUT2D eigenvalue weighted by Gasteiger charge is -1.91. The lowest BCUT2D eigenvalue weighted by Crippen LogP contribution is -2.11. The maximum Gasteiger partial charge on any atom is 0.276 e. The van der Waals surface area contributed by atoms with Crippen molar-refractivity contribution in [3.8, 4) is 0 Å². The summed E-state index contributed by atoms with van der Waals surface area (Å²) in [4.78, 5) is 13.6. The Labute approximate surface area is 80.3 Å². The predicted octanol–water partition coefficient (Wildman–Crippen LogP) is 1.44. The molecule has 0 aliphatic rings. The summed E-state index contributed by atoms with van der Waals surface area (Å²) in [6.07, 6.45) is 1.66. The van der Waals surface area contributed by atoms with Gasteiger partial charge in [-0.15, -0.1) is 5.10 Å². The van der Waals surface area contributed by atoms with Crippen molar-refractivity contribution in [3.63, 3.8) is 0 Å². The van der Waals surface area contributed by atoms with Gasteiger partial charge < -0.3 is 0 Å². The average molecular weight is 248 g/mol. The molecule has 0 unspecified atom stereocenters. The van der Waals surface area contributed by atoms with Crippen LogP contribution in [0.25, 0.3) is 5.52 Å². The van der Waals surface area contributed by atoms with Crippen LogP contribution in [0.2, 0.25) is 5.28 Å². The lowest BCUT2D eigenvalue weighted by molar-refractivity contribution is 0.889. The molecule has 0 fully saturated rings. The van der Waals surface area contributed by atoms with Gasteiger partial charge >= 0.3 is 0 Å². The summed E-state index contributed by atoms with van der Waals surface area (Å²) in [5.41, 5.74) is 0.215. The van der Waals surface area contributed by atoms with E-state index in [4.69, 9.17) is 11.6 Å². The number of hydrogen-bond acceptors (Lipinski definition) is 2. The molecule has 0 saturated heterocycles. The van der Waals surface area contributed by atoms with Gasteiger partial charge in [0.15, 0.2) is 0 Å². The molecular formula is C6H3BrClN3O. The Morgan fingerprint density at radius 3 is 3.17 bits per heavy atom. The molecule has 0 aliphatic heterocycles. The van der Waals surface area contributed by atoms with Crippen LogP contribution in [0.3, 0.4) is 0 Å². The Morgan fingerprint density at radius 1 is 1.67 bits per heavy atom. The fraction of sp³-hybridized carbons (Fsp3) is 0. The molecule has 2 rings (SSSR count).